The summed E-state index contributed by atoms with van der Waals surface area (Å²) in [5.74, 6) is 0. The van der Waals surface area contributed by atoms with Crippen molar-refractivity contribution in [3.8, 4) is 0 Å². The zero-order chi connectivity index (χ0) is 13.7. The topological polar surface area (TPSA) is 36.4 Å². The first-order valence-electron chi connectivity index (χ1n) is 7.49. The molecule has 0 bridgehead atoms. The lowest BCUT2D eigenvalue weighted by atomic mass is 9.93. The Bertz CT molecular complexity index is 386. The molecule has 0 saturated heterocycles. The minimum absolute atomic E-state index is 0.272. The van der Waals surface area contributed by atoms with Crippen LogP contribution in [0.4, 0.5) is 0 Å². The SMILES string of the molecule is Cc1cccnc1CN(CC(C)O)C1CCCCC1. The Morgan fingerprint density at radius 3 is 2.74 bits per heavy atom. The lowest BCUT2D eigenvalue weighted by Gasteiger charge is -2.35. The monoisotopic (exact) mass is 262 g/mol. The molecule has 0 aliphatic heterocycles. The van der Waals surface area contributed by atoms with Crippen molar-refractivity contribution < 1.29 is 5.11 Å². The number of hydrogen-bond donors (Lipinski definition) is 1. The fraction of sp³-hybridized carbons (Fsp3) is 0.688. The lowest BCUT2D eigenvalue weighted by molar-refractivity contribution is 0.0758. The molecule has 3 nitrogen and oxygen atoms in total. The van der Waals surface area contributed by atoms with E-state index in [1.165, 1.54) is 37.7 Å². The summed E-state index contributed by atoms with van der Waals surface area (Å²) in [6, 6.07) is 4.71. The van der Waals surface area contributed by atoms with Gasteiger partial charge in [0, 0.05) is 25.3 Å². The summed E-state index contributed by atoms with van der Waals surface area (Å²) >= 11 is 0. The fourth-order valence-corrected chi connectivity index (χ4v) is 3.00. The van der Waals surface area contributed by atoms with Gasteiger partial charge in [-0.1, -0.05) is 25.3 Å². The molecular formula is C16H26N2O. The molecule has 1 atom stereocenters. The molecule has 1 aromatic rings. The van der Waals surface area contributed by atoms with Crippen LogP contribution in [0.1, 0.15) is 50.3 Å². The van der Waals surface area contributed by atoms with E-state index in [1.807, 2.05) is 19.2 Å². The fourth-order valence-electron chi connectivity index (χ4n) is 3.00. The van der Waals surface area contributed by atoms with Crippen molar-refractivity contribution in [3.05, 3.63) is 29.6 Å². The van der Waals surface area contributed by atoms with Gasteiger partial charge in [0.25, 0.3) is 0 Å². The van der Waals surface area contributed by atoms with Crippen LogP contribution in [0.25, 0.3) is 0 Å². The van der Waals surface area contributed by atoms with Crippen LogP contribution in [0.5, 0.6) is 0 Å². The van der Waals surface area contributed by atoms with Gasteiger partial charge in [-0.25, -0.2) is 0 Å². The van der Waals surface area contributed by atoms with E-state index in [0.29, 0.717) is 6.04 Å². The molecule has 0 amide bonds. The maximum Gasteiger partial charge on any atom is 0.0639 e. The quantitative estimate of drug-likeness (QED) is 0.886. The molecule has 1 fully saturated rings. The second-order valence-electron chi connectivity index (χ2n) is 5.84. The maximum atomic E-state index is 9.74. The third-order valence-electron chi connectivity index (χ3n) is 4.06. The minimum Gasteiger partial charge on any atom is -0.392 e. The number of rotatable bonds is 5. The Morgan fingerprint density at radius 1 is 1.37 bits per heavy atom. The third kappa shape index (κ3) is 4.29. The van der Waals surface area contributed by atoms with E-state index in [4.69, 9.17) is 0 Å². The van der Waals surface area contributed by atoms with Gasteiger partial charge in [0.05, 0.1) is 11.8 Å². The Morgan fingerprint density at radius 2 is 2.11 bits per heavy atom. The molecule has 0 spiro atoms. The molecule has 0 aromatic carbocycles. The van der Waals surface area contributed by atoms with Crippen LogP contribution in [-0.4, -0.2) is 33.7 Å². The standard InChI is InChI=1S/C16H26N2O/c1-13-7-6-10-17-16(13)12-18(11-14(2)19)15-8-4-3-5-9-15/h6-7,10,14-15,19H,3-5,8-9,11-12H2,1-2H3. The molecule has 1 N–H and O–H groups in total. The van der Waals surface area contributed by atoms with Gasteiger partial charge in [0.2, 0.25) is 0 Å². The molecule has 1 unspecified atom stereocenters. The van der Waals surface area contributed by atoms with Gasteiger partial charge < -0.3 is 5.11 Å². The van der Waals surface area contributed by atoms with Crippen LogP contribution >= 0.6 is 0 Å². The highest BCUT2D eigenvalue weighted by Crippen LogP contribution is 2.24. The number of nitrogens with zero attached hydrogens (tertiary/aromatic N) is 2. The van der Waals surface area contributed by atoms with E-state index in [1.54, 1.807) is 0 Å². The largest absolute Gasteiger partial charge is 0.392 e. The van der Waals surface area contributed by atoms with Crippen LogP contribution in [0.3, 0.4) is 0 Å². The molecule has 19 heavy (non-hydrogen) atoms. The third-order valence-corrected chi connectivity index (χ3v) is 4.06. The van der Waals surface area contributed by atoms with Crippen LogP contribution in [0.15, 0.2) is 18.3 Å². The molecule has 1 heterocycles. The van der Waals surface area contributed by atoms with E-state index in [-0.39, 0.29) is 6.10 Å². The predicted octanol–water partition coefficient (Wildman–Crippen LogP) is 2.91. The first-order valence-corrected chi connectivity index (χ1v) is 7.49. The average molecular weight is 262 g/mol. The van der Waals surface area contributed by atoms with Gasteiger partial charge in [-0.15, -0.1) is 0 Å². The summed E-state index contributed by atoms with van der Waals surface area (Å²) in [6.07, 6.45) is 8.12. The van der Waals surface area contributed by atoms with Crippen molar-refractivity contribution in [1.29, 1.82) is 0 Å². The Labute approximate surface area is 116 Å². The molecule has 1 saturated carbocycles. The van der Waals surface area contributed by atoms with Gasteiger partial charge in [0.15, 0.2) is 0 Å². The van der Waals surface area contributed by atoms with Crippen molar-refractivity contribution in [2.75, 3.05) is 6.54 Å². The first-order chi connectivity index (χ1) is 9.16. The Hall–Kier alpha value is -0.930. The molecule has 2 rings (SSSR count). The molecule has 0 radical (unpaired) electrons. The number of pyridine rings is 1. The van der Waals surface area contributed by atoms with E-state index in [9.17, 15) is 5.11 Å². The van der Waals surface area contributed by atoms with E-state index in [0.717, 1.165) is 18.8 Å². The Kier molecular flexibility index (Phi) is 5.34. The summed E-state index contributed by atoms with van der Waals surface area (Å²) in [6.45, 7) is 5.60. The summed E-state index contributed by atoms with van der Waals surface area (Å²) in [5, 5.41) is 9.74. The van der Waals surface area contributed by atoms with Gasteiger partial charge >= 0.3 is 0 Å². The summed E-state index contributed by atoms with van der Waals surface area (Å²) in [4.78, 5) is 6.93. The number of aromatic nitrogens is 1. The highest BCUT2D eigenvalue weighted by atomic mass is 16.3. The van der Waals surface area contributed by atoms with Gasteiger partial charge in [-0.2, -0.15) is 0 Å². The summed E-state index contributed by atoms with van der Waals surface area (Å²) in [7, 11) is 0. The van der Waals surface area contributed by atoms with Gasteiger partial charge in [0.1, 0.15) is 0 Å². The predicted molar refractivity (Wildman–Crippen MR) is 77.9 cm³/mol. The summed E-state index contributed by atoms with van der Waals surface area (Å²) < 4.78 is 0. The van der Waals surface area contributed by atoms with Gasteiger partial charge in [-0.05, 0) is 38.3 Å². The zero-order valence-corrected chi connectivity index (χ0v) is 12.2. The molecule has 1 aliphatic carbocycles. The number of aliphatic hydroxyl groups is 1. The number of aliphatic hydroxyl groups excluding tert-OH is 1. The van der Waals surface area contributed by atoms with Crippen molar-refractivity contribution in [1.82, 2.24) is 9.88 Å². The van der Waals surface area contributed by atoms with Crippen LogP contribution in [0.2, 0.25) is 0 Å². The van der Waals surface area contributed by atoms with Crippen LogP contribution < -0.4 is 0 Å². The average Bonchev–Trinajstić information content (AvgIpc) is 2.41. The molecule has 1 aliphatic rings. The zero-order valence-electron chi connectivity index (χ0n) is 12.2. The number of aryl methyl sites for hydroxylation is 1. The summed E-state index contributed by atoms with van der Waals surface area (Å²) in [5.41, 5.74) is 2.39. The minimum atomic E-state index is -0.272. The normalized spacial score (nSPS) is 18.7. The molecule has 1 aromatic heterocycles. The smallest absolute Gasteiger partial charge is 0.0639 e. The lowest BCUT2D eigenvalue weighted by Crippen LogP contribution is -2.40. The Balaban J connectivity index is 2.06. The highest BCUT2D eigenvalue weighted by molar-refractivity contribution is 5.17. The van der Waals surface area contributed by atoms with E-state index in [2.05, 4.69) is 22.9 Å². The van der Waals surface area contributed by atoms with Crippen LogP contribution in [0, 0.1) is 6.92 Å². The van der Waals surface area contributed by atoms with Crippen LogP contribution in [-0.2, 0) is 6.54 Å². The van der Waals surface area contributed by atoms with Gasteiger partial charge in [-0.3, -0.25) is 9.88 Å². The van der Waals surface area contributed by atoms with Crippen molar-refractivity contribution in [2.24, 2.45) is 0 Å². The van der Waals surface area contributed by atoms with E-state index < -0.39 is 0 Å². The van der Waals surface area contributed by atoms with Crippen molar-refractivity contribution in [2.45, 2.75) is 64.6 Å². The van der Waals surface area contributed by atoms with E-state index >= 15 is 0 Å². The second kappa shape index (κ2) is 7.01. The van der Waals surface area contributed by atoms with Crippen molar-refractivity contribution in [3.63, 3.8) is 0 Å². The number of hydrogen-bond acceptors (Lipinski definition) is 3. The highest BCUT2D eigenvalue weighted by Gasteiger charge is 2.23. The molecular weight excluding hydrogens is 236 g/mol. The van der Waals surface area contributed by atoms with Crippen molar-refractivity contribution >= 4 is 0 Å². The maximum absolute atomic E-state index is 9.74. The second-order valence-corrected chi connectivity index (χ2v) is 5.84. The molecule has 3 heteroatoms. The first kappa shape index (κ1) is 14.5. The molecule has 106 valence electrons.